The SMILES string of the molecule is Cc1ccccc1NC(=O)/C(=C/c1cccs1)NC(=O)c1ccccc1. The molecule has 0 unspecified atom stereocenters. The molecule has 1 heterocycles. The highest BCUT2D eigenvalue weighted by Crippen LogP contribution is 2.17. The van der Waals surface area contributed by atoms with E-state index >= 15 is 0 Å². The van der Waals surface area contributed by atoms with Gasteiger partial charge in [0.2, 0.25) is 0 Å². The molecule has 0 aliphatic rings. The summed E-state index contributed by atoms with van der Waals surface area (Å²) in [5, 5.41) is 7.51. The molecule has 3 aromatic rings. The van der Waals surface area contributed by atoms with Gasteiger partial charge in [0.1, 0.15) is 5.70 Å². The zero-order chi connectivity index (χ0) is 18.4. The first kappa shape index (κ1) is 17.6. The Morgan fingerprint density at radius 1 is 0.923 bits per heavy atom. The van der Waals surface area contributed by atoms with Gasteiger partial charge in [-0.25, -0.2) is 0 Å². The maximum Gasteiger partial charge on any atom is 0.272 e. The number of aryl methyl sites for hydroxylation is 1. The molecule has 26 heavy (non-hydrogen) atoms. The van der Waals surface area contributed by atoms with Gasteiger partial charge in [-0.15, -0.1) is 11.3 Å². The fourth-order valence-corrected chi connectivity index (χ4v) is 3.02. The number of benzene rings is 2. The van der Waals surface area contributed by atoms with Gasteiger partial charge < -0.3 is 10.6 Å². The molecule has 3 rings (SSSR count). The van der Waals surface area contributed by atoms with E-state index in [9.17, 15) is 9.59 Å². The van der Waals surface area contributed by atoms with Crippen molar-refractivity contribution in [2.75, 3.05) is 5.32 Å². The van der Waals surface area contributed by atoms with Crippen LogP contribution in [-0.4, -0.2) is 11.8 Å². The lowest BCUT2D eigenvalue weighted by molar-refractivity contribution is -0.113. The maximum absolute atomic E-state index is 12.8. The molecule has 0 spiro atoms. The number of thiophene rings is 1. The minimum absolute atomic E-state index is 0.199. The summed E-state index contributed by atoms with van der Waals surface area (Å²) < 4.78 is 0. The highest BCUT2D eigenvalue weighted by Gasteiger charge is 2.15. The first-order valence-corrected chi connectivity index (χ1v) is 9.00. The van der Waals surface area contributed by atoms with E-state index in [0.717, 1.165) is 10.4 Å². The number of para-hydroxylation sites is 1. The number of rotatable bonds is 5. The predicted molar refractivity (Wildman–Crippen MR) is 106 cm³/mol. The third-order valence-corrected chi connectivity index (χ3v) is 4.57. The van der Waals surface area contributed by atoms with Gasteiger partial charge in [0.15, 0.2) is 0 Å². The summed E-state index contributed by atoms with van der Waals surface area (Å²) in [6.07, 6.45) is 1.68. The number of hydrogen-bond donors (Lipinski definition) is 2. The van der Waals surface area contributed by atoms with Gasteiger partial charge in [0.25, 0.3) is 11.8 Å². The van der Waals surface area contributed by atoms with Crippen LogP contribution in [0, 0.1) is 6.92 Å². The average Bonchev–Trinajstić information content (AvgIpc) is 3.17. The Bertz CT molecular complexity index is 932. The maximum atomic E-state index is 12.8. The second-order valence-corrected chi connectivity index (χ2v) is 6.64. The van der Waals surface area contributed by atoms with Crippen molar-refractivity contribution >= 4 is 34.9 Å². The highest BCUT2D eigenvalue weighted by molar-refractivity contribution is 7.10. The van der Waals surface area contributed by atoms with Gasteiger partial charge in [-0.05, 0) is 48.2 Å². The van der Waals surface area contributed by atoms with Crippen LogP contribution in [-0.2, 0) is 4.79 Å². The Balaban J connectivity index is 1.85. The first-order chi connectivity index (χ1) is 12.6. The lowest BCUT2D eigenvalue weighted by Gasteiger charge is -2.12. The van der Waals surface area contributed by atoms with E-state index in [0.29, 0.717) is 11.3 Å². The molecule has 2 N–H and O–H groups in total. The van der Waals surface area contributed by atoms with Crippen LogP contribution in [0.15, 0.2) is 77.8 Å². The van der Waals surface area contributed by atoms with Crippen molar-refractivity contribution in [3.8, 4) is 0 Å². The predicted octanol–water partition coefficient (Wildman–Crippen LogP) is 4.47. The number of anilines is 1. The third-order valence-electron chi connectivity index (χ3n) is 3.75. The molecule has 2 aromatic carbocycles. The standard InChI is InChI=1S/C21H18N2O2S/c1-15-8-5-6-12-18(15)22-21(25)19(14-17-11-7-13-26-17)23-20(24)16-9-3-2-4-10-16/h2-14H,1H3,(H,22,25)(H,23,24)/b19-14-. The average molecular weight is 362 g/mol. The molecular weight excluding hydrogens is 344 g/mol. The summed E-state index contributed by atoms with van der Waals surface area (Å²) >= 11 is 1.49. The van der Waals surface area contributed by atoms with Crippen LogP contribution < -0.4 is 10.6 Å². The molecule has 0 saturated carbocycles. The van der Waals surface area contributed by atoms with E-state index < -0.39 is 0 Å². The minimum atomic E-state index is -0.364. The molecule has 1 aromatic heterocycles. The topological polar surface area (TPSA) is 58.2 Å². The van der Waals surface area contributed by atoms with Crippen molar-refractivity contribution in [3.05, 3.63) is 93.8 Å². The van der Waals surface area contributed by atoms with E-state index in [1.165, 1.54) is 11.3 Å². The second-order valence-electron chi connectivity index (χ2n) is 5.66. The van der Waals surface area contributed by atoms with Crippen LogP contribution in [0.25, 0.3) is 6.08 Å². The number of nitrogens with one attached hydrogen (secondary N) is 2. The van der Waals surface area contributed by atoms with E-state index in [4.69, 9.17) is 0 Å². The molecule has 0 aliphatic heterocycles. The van der Waals surface area contributed by atoms with Crippen LogP contribution in [0.2, 0.25) is 0 Å². The van der Waals surface area contributed by atoms with E-state index in [-0.39, 0.29) is 17.5 Å². The second kappa shape index (κ2) is 8.27. The van der Waals surface area contributed by atoms with Gasteiger partial charge in [0, 0.05) is 16.1 Å². The summed E-state index contributed by atoms with van der Waals surface area (Å²) in [6.45, 7) is 1.92. The van der Waals surface area contributed by atoms with Crippen molar-refractivity contribution < 1.29 is 9.59 Å². The quantitative estimate of drug-likeness (QED) is 0.658. The number of carbonyl (C=O) groups excluding carboxylic acids is 2. The van der Waals surface area contributed by atoms with E-state index in [2.05, 4.69) is 10.6 Å². The molecule has 0 fully saturated rings. The monoisotopic (exact) mass is 362 g/mol. The fraction of sp³-hybridized carbons (Fsp3) is 0.0476. The molecular formula is C21H18N2O2S. The Hall–Kier alpha value is -3.18. The smallest absolute Gasteiger partial charge is 0.272 e. The van der Waals surface area contributed by atoms with E-state index in [1.54, 1.807) is 30.3 Å². The summed E-state index contributed by atoms with van der Waals surface area (Å²) in [5.41, 5.74) is 2.35. The molecule has 130 valence electrons. The zero-order valence-electron chi connectivity index (χ0n) is 14.2. The van der Waals surface area contributed by atoms with Crippen molar-refractivity contribution in [2.45, 2.75) is 6.92 Å². The Labute approximate surface area is 156 Å². The summed E-state index contributed by atoms with van der Waals surface area (Å²) in [5.74, 6) is -0.690. The van der Waals surface area contributed by atoms with Gasteiger partial charge >= 0.3 is 0 Å². The lowest BCUT2D eigenvalue weighted by Crippen LogP contribution is -2.30. The molecule has 2 amide bonds. The summed E-state index contributed by atoms with van der Waals surface area (Å²) in [6, 6.07) is 20.1. The lowest BCUT2D eigenvalue weighted by atomic mass is 10.2. The van der Waals surface area contributed by atoms with Gasteiger partial charge in [-0.1, -0.05) is 42.5 Å². The minimum Gasteiger partial charge on any atom is -0.320 e. The van der Waals surface area contributed by atoms with Crippen LogP contribution in [0.4, 0.5) is 5.69 Å². The summed E-state index contributed by atoms with van der Waals surface area (Å²) in [7, 11) is 0. The molecule has 5 heteroatoms. The third kappa shape index (κ3) is 4.46. The van der Waals surface area contributed by atoms with Crippen molar-refractivity contribution in [2.24, 2.45) is 0 Å². The van der Waals surface area contributed by atoms with Crippen molar-refractivity contribution in [3.63, 3.8) is 0 Å². The molecule has 0 saturated heterocycles. The number of carbonyl (C=O) groups is 2. The highest BCUT2D eigenvalue weighted by atomic mass is 32.1. The van der Waals surface area contributed by atoms with Crippen LogP contribution in [0.3, 0.4) is 0 Å². The van der Waals surface area contributed by atoms with Gasteiger partial charge in [-0.3, -0.25) is 9.59 Å². The fourth-order valence-electron chi connectivity index (χ4n) is 2.36. The number of amides is 2. The van der Waals surface area contributed by atoms with Crippen molar-refractivity contribution in [1.82, 2.24) is 5.32 Å². The van der Waals surface area contributed by atoms with Crippen LogP contribution in [0.5, 0.6) is 0 Å². The largest absolute Gasteiger partial charge is 0.320 e. The molecule has 0 aliphatic carbocycles. The number of hydrogen-bond acceptors (Lipinski definition) is 3. The summed E-state index contributed by atoms with van der Waals surface area (Å²) in [4.78, 5) is 26.1. The van der Waals surface area contributed by atoms with Gasteiger partial charge in [-0.2, -0.15) is 0 Å². The molecule has 0 radical (unpaired) electrons. The molecule has 4 nitrogen and oxygen atoms in total. The Morgan fingerprint density at radius 3 is 2.35 bits per heavy atom. The Kier molecular flexibility index (Phi) is 5.61. The first-order valence-electron chi connectivity index (χ1n) is 8.12. The molecule has 0 atom stereocenters. The van der Waals surface area contributed by atoms with E-state index in [1.807, 2.05) is 54.8 Å². The van der Waals surface area contributed by atoms with Crippen LogP contribution >= 0.6 is 11.3 Å². The zero-order valence-corrected chi connectivity index (χ0v) is 15.0. The van der Waals surface area contributed by atoms with Gasteiger partial charge in [0.05, 0.1) is 0 Å². The molecule has 0 bridgehead atoms. The van der Waals surface area contributed by atoms with Crippen LogP contribution in [0.1, 0.15) is 20.8 Å². The van der Waals surface area contributed by atoms with Crippen molar-refractivity contribution in [1.29, 1.82) is 0 Å². The normalized spacial score (nSPS) is 11.0. The Morgan fingerprint density at radius 2 is 1.65 bits per heavy atom.